The summed E-state index contributed by atoms with van der Waals surface area (Å²) in [6.07, 6.45) is 2.66. The SMILES string of the molecule is C=CCC(N)c1cc(Br)ccc1I. The normalized spacial score (nSPS) is 12.5. The highest BCUT2D eigenvalue weighted by Gasteiger charge is 2.08. The van der Waals surface area contributed by atoms with Crippen LogP contribution in [0, 0.1) is 3.57 Å². The molecule has 0 spiro atoms. The number of hydrogen-bond donors (Lipinski definition) is 1. The number of rotatable bonds is 3. The lowest BCUT2D eigenvalue weighted by molar-refractivity contribution is 0.737. The molecule has 0 fully saturated rings. The Kier molecular flexibility index (Phi) is 4.41. The van der Waals surface area contributed by atoms with Crippen LogP contribution in [0.4, 0.5) is 0 Å². The third-order valence-electron chi connectivity index (χ3n) is 1.78. The summed E-state index contributed by atoms with van der Waals surface area (Å²) in [7, 11) is 0. The quantitative estimate of drug-likeness (QED) is 0.653. The van der Waals surface area contributed by atoms with Gasteiger partial charge in [0.05, 0.1) is 0 Å². The maximum absolute atomic E-state index is 5.98. The minimum atomic E-state index is 0.0573. The highest BCUT2D eigenvalue weighted by atomic mass is 127. The van der Waals surface area contributed by atoms with E-state index in [1.54, 1.807) is 0 Å². The van der Waals surface area contributed by atoms with Crippen molar-refractivity contribution in [2.75, 3.05) is 0 Å². The molecule has 0 aliphatic heterocycles. The Hall–Kier alpha value is 0.130. The van der Waals surface area contributed by atoms with Crippen molar-refractivity contribution in [3.8, 4) is 0 Å². The van der Waals surface area contributed by atoms with Gasteiger partial charge < -0.3 is 5.73 Å². The van der Waals surface area contributed by atoms with E-state index in [2.05, 4.69) is 57.2 Å². The van der Waals surface area contributed by atoms with Gasteiger partial charge in [0, 0.05) is 14.1 Å². The standard InChI is InChI=1S/C10H11BrIN/c1-2-3-10(13)8-6-7(11)4-5-9(8)12/h2,4-6,10H,1,3,13H2. The molecular formula is C10H11BrIN. The van der Waals surface area contributed by atoms with Crippen LogP contribution in [0.1, 0.15) is 18.0 Å². The van der Waals surface area contributed by atoms with Crippen molar-refractivity contribution in [2.45, 2.75) is 12.5 Å². The molecule has 1 unspecified atom stereocenters. The third kappa shape index (κ3) is 3.07. The second kappa shape index (κ2) is 5.12. The monoisotopic (exact) mass is 351 g/mol. The predicted molar refractivity (Wildman–Crippen MR) is 68.6 cm³/mol. The first-order valence-electron chi connectivity index (χ1n) is 3.96. The zero-order valence-electron chi connectivity index (χ0n) is 7.13. The summed E-state index contributed by atoms with van der Waals surface area (Å²) in [6.45, 7) is 3.68. The Balaban J connectivity index is 2.97. The van der Waals surface area contributed by atoms with E-state index in [0.29, 0.717) is 0 Å². The molecule has 1 nitrogen and oxygen atoms in total. The first kappa shape index (κ1) is 11.2. The Morgan fingerprint density at radius 3 is 2.92 bits per heavy atom. The maximum Gasteiger partial charge on any atom is 0.0340 e. The number of hydrogen-bond acceptors (Lipinski definition) is 1. The molecule has 2 N–H and O–H groups in total. The molecule has 0 heterocycles. The molecule has 1 aromatic rings. The molecule has 0 saturated heterocycles. The van der Waals surface area contributed by atoms with E-state index < -0.39 is 0 Å². The van der Waals surface area contributed by atoms with Crippen molar-refractivity contribution >= 4 is 38.5 Å². The summed E-state index contributed by atoms with van der Waals surface area (Å²) in [5.74, 6) is 0. The minimum Gasteiger partial charge on any atom is -0.324 e. The molecule has 0 radical (unpaired) electrons. The minimum absolute atomic E-state index is 0.0573. The van der Waals surface area contributed by atoms with Gasteiger partial charge in [-0.1, -0.05) is 22.0 Å². The topological polar surface area (TPSA) is 26.0 Å². The van der Waals surface area contributed by atoms with Crippen molar-refractivity contribution in [1.29, 1.82) is 0 Å². The second-order valence-corrected chi connectivity index (χ2v) is 4.87. The van der Waals surface area contributed by atoms with Gasteiger partial charge in [-0.25, -0.2) is 0 Å². The number of benzene rings is 1. The Morgan fingerprint density at radius 1 is 1.62 bits per heavy atom. The van der Waals surface area contributed by atoms with Crippen molar-refractivity contribution in [1.82, 2.24) is 0 Å². The van der Waals surface area contributed by atoms with Crippen LogP contribution < -0.4 is 5.73 Å². The molecule has 0 aromatic heterocycles. The van der Waals surface area contributed by atoms with E-state index >= 15 is 0 Å². The third-order valence-corrected chi connectivity index (χ3v) is 3.25. The number of nitrogens with two attached hydrogens (primary N) is 1. The molecular weight excluding hydrogens is 341 g/mol. The summed E-state index contributed by atoms with van der Waals surface area (Å²) in [5.41, 5.74) is 7.15. The maximum atomic E-state index is 5.98. The predicted octanol–water partition coefficient (Wildman–Crippen LogP) is 3.63. The first-order chi connectivity index (χ1) is 6.15. The molecule has 3 heteroatoms. The van der Waals surface area contributed by atoms with Crippen LogP contribution in [-0.2, 0) is 0 Å². The summed E-state index contributed by atoms with van der Waals surface area (Å²) in [6, 6.07) is 6.20. The van der Waals surface area contributed by atoms with Crippen LogP contribution in [0.5, 0.6) is 0 Å². The van der Waals surface area contributed by atoms with Crippen LogP contribution in [0.3, 0.4) is 0 Å². The molecule has 70 valence electrons. The Labute approximate surface area is 101 Å². The highest BCUT2D eigenvalue weighted by Crippen LogP contribution is 2.24. The average Bonchev–Trinajstić information content (AvgIpc) is 2.09. The lowest BCUT2D eigenvalue weighted by atomic mass is 10.1. The first-order valence-corrected chi connectivity index (χ1v) is 5.83. The van der Waals surface area contributed by atoms with Crippen LogP contribution in [0.15, 0.2) is 35.3 Å². The lowest BCUT2D eigenvalue weighted by Gasteiger charge is -2.11. The number of halogens is 2. The van der Waals surface area contributed by atoms with Crippen LogP contribution in [0.2, 0.25) is 0 Å². The Morgan fingerprint density at radius 2 is 2.31 bits per heavy atom. The molecule has 13 heavy (non-hydrogen) atoms. The van der Waals surface area contributed by atoms with E-state index in [4.69, 9.17) is 5.73 Å². The van der Waals surface area contributed by atoms with Gasteiger partial charge in [0.2, 0.25) is 0 Å². The van der Waals surface area contributed by atoms with Gasteiger partial charge in [-0.05, 0) is 52.8 Å². The van der Waals surface area contributed by atoms with E-state index in [-0.39, 0.29) is 6.04 Å². The van der Waals surface area contributed by atoms with E-state index in [9.17, 15) is 0 Å². The molecule has 0 amide bonds. The van der Waals surface area contributed by atoms with Crippen LogP contribution in [-0.4, -0.2) is 0 Å². The summed E-state index contributed by atoms with van der Waals surface area (Å²) < 4.78 is 2.28. The van der Waals surface area contributed by atoms with Gasteiger partial charge in [-0.2, -0.15) is 0 Å². The van der Waals surface area contributed by atoms with Crippen LogP contribution >= 0.6 is 38.5 Å². The molecule has 1 atom stereocenters. The van der Waals surface area contributed by atoms with Gasteiger partial charge in [-0.15, -0.1) is 6.58 Å². The van der Waals surface area contributed by atoms with Crippen molar-refractivity contribution in [2.24, 2.45) is 5.73 Å². The lowest BCUT2D eigenvalue weighted by Crippen LogP contribution is -2.10. The fourth-order valence-corrected chi connectivity index (χ4v) is 2.22. The van der Waals surface area contributed by atoms with Gasteiger partial charge in [0.15, 0.2) is 0 Å². The average molecular weight is 352 g/mol. The zero-order valence-corrected chi connectivity index (χ0v) is 10.9. The molecule has 1 rings (SSSR count). The van der Waals surface area contributed by atoms with Crippen LogP contribution in [0.25, 0.3) is 0 Å². The molecule has 0 saturated carbocycles. The van der Waals surface area contributed by atoms with Crippen molar-refractivity contribution in [3.63, 3.8) is 0 Å². The van der Waals surface area contributed by atoms with Gasteiger partial charge >= 0.3 is 0 Å². The molecule has 0 aliphatic carbocycles. The summed E-state index contributed by atoms with van der Waals surface area (Å²) >= 11 is 5.73. The smallest absolute Gasteiger partial charge is 0.0340 e. The molecule has 0 aliphatic rings. The van der Waals surface area contributed by atoms with E-state index in [1.165, 1.54) is 9.13 Å². The molecule has 1 aromatic carbocycles. The molecule has 0 bridgehead atoms. The van der Waals surface area contributed by atoms with E-state index in [1.807, 2.05) is 12.1 Å². The van der Waals surface area contributed by atoms with Crippen molar-refractivity contribution < 1.29 is 0 Å². The highest BCUT2D eigenvalue weighted by molar-refractivity contribution is 14.1. The van der Waals surface area contributed by atoms with Gasteiger partial charge in [0.25, 0.3) is 0 Å². The second-order valence-electron chi connectivity index (χ2n) is 2.80. The summed E-state index contributed by atoms with van der Waals surface area (Å²) in [5, 5.41) is 0. The zero-order chi connectivity index (χ0) is 9.84. The largest absolute Gasteiger partial charge is 0.324 e. The Bertz CT molecular complexity index is 312. The fourth-order valence-electron chi connectivity index (χ4n) is 1.11. The van der Waals surface area contributed by atoms with Crippen molar-refractivity contribution in [3.05, 3.63) is 44.5 Å². The summed E-state index contributed by atoms with van der Waals surface area (Å²) in [4.78, 5) is 0. The van der Waals surface area contributed by atoms with Gasteiger partial charge in [-0.3, -0.25) is 0 Å². The van der Waals surface area contributed by atoms with Gasteiger partial charge in [0.1, 0.15) is 0 Å². The van der Waals surface area contributed by atoms with E-state index in [0.717, 1.165) is 10.9 Å². The fraction of sp³-hybridized carbons (Fsp3) is 0.200.